The van der Waals surface area contributed by atoms with E-state index in [1.54, 1.807) is 0 Å². The Morgan fingerprint density at radius 1 is 0.588 bits per heavy atom. The first-order chi connectivity index (χ1) is 24.9. The quantitative estimate of drug-likeness (QED) is 0.169. The molecule has 4 aromatic carbocycles. The van der Waals surface area contributed by atoms with Gasteiger partial charge in [0.15, 0.2) is 5.82 Å². The fourth-order valence-electron chi connectivity index (χ4n) is 8.47. The van der Waals surface area contributed by atoms with Gasteiger partial charge in [-0.05, 0) is 118 Å². The summed E-state index contributed by atoms with van der Waals surface area (Å²) in [5, 5.41) is 7.86. The third-order valence-electron chi connectivity index (χ3n) is 10.7. The highest BCUT2D eigenvalue weighted by molar-refractivity contribution is 6.09. The third-order valence-corrected chi connectivity index (χ3v) is 10.7. The average molecular weight is 673 g/mol. The smallest absolute Gasteiger partial charge is 0.161 e. The third kappa shape index (κ3) is 5.52. The number of pyridine rings is 1. The number of aryl methyl sites for hydroxylation is 4. The minimum atomic E-state index is 0.776. The fourth-order valence-corrected chi connectivity index (χ4v) is 8.47. The Morgan fingerprint density at radius 2 is 1.29 bits per heavy atom. The van der Waals surface area contributed by atoms with Crippen LogP contribution in [-0.2, 0) is 0 Å². The largest absolute Gasteiger partial charge is 0.457 e. The molecule has 2 aliphatic rings. The lowest BCUT2D eigenvalue weighted by atomic mass is 9.94. The van der Waals surface area contributed by atoms with Gasteiger partial charge in [-0.2, -0.15) is 0 Å². The number of anilines is 2. The zero-order valence-corrected chi connectivity index (χ0v) is 30.0. The molecule has 0 unspecified atom stereocenters. The van der Waals surface area contributed by atoms with Crippen LogP contribution < -0.4 is 14.5 Å². The molecule has 7 nitrogen and oxygen atoms in total. The number of nitrogens with zero attached hydrogens (tertiary/aromatic N) is 6. The van der Waals surface area contributed by atoms with Crippen LogP contribution in [0.5, 0.6) is 11.5 Å². The molecule has 51 heavy (non-hydrogen) atoms. The fraction of sp³-hybridized carbons (Fsp3) is 0.273. The Hall–Kier alpha value is -5.56. The van der Waals surface area contributed by atoms with Crippen molar-refractivity contribution in [3.63, 3.8) is 0 Å². The molecule has 0 aliphatic carbocycles. The molecule has 0 radical (unpaired) electrons. The summed E-state index contributed by atoms with van der Waals surface area (Å²) in [6.07, 6.45) is 6.66. The van der Waals surface area contributed by atoms with E-state index in [1.807, 2.05) is 18.3 Å². The average Bonchev–Trinajstić information content (AvgIpc) is 3.94. The van der Waals surface area contributed by atoms with Crippen molar-refractivity contribution in [3.8, 4) is 34.1 Å². The molecule has 2 aliphatic heterocycles. The predicted octanol–water partition coefficient (Wildman–Crippen LogP) is 10.3. The van der Waals surface area contributed by atoms with E-state index in [2.05, 4.69) is 126 Å². The van der Waals surface area contributed by atoms with Crippen molar-refractivity contribution in [3.05, 3.63) is 119 Å². The molecule has 3 aromatic heterocycles. The van der Waals surface area contributed by atoms with E-state index in [1.165, 1.54) is 75.7 Å². The van der Waals surface area contributed by atoms with Crippen molar-refractivity contribution >= 4 is 33.4 Å². The molecule has 2 saturated heterocycles. The Morgan fingerprint density at radius 3 is 2.06 bits per heavy atom. The van der Waals surface area contributed by atoms with Gasteiger partial charge in [0, 0.05) is 55.3 Å². The Labute approximate surface area is 299 Å². The molecule has 9 rings (SSSR count). The predicted molar refractivity (Wildman–Crippen MR) is 209 cm³/mol. The van der Waals surface area contributed by atoms with Crippen LogP contribution >= 0.6 is 0 Å². The second-order valence-corrected chi connectivity index (χ2v) is 14.4. The highest BCUT2D eigenvalue weighted by Gasteiger charge is 2.32. The number of ether oxygens (including phenoxy) is 1. The number of hydrogen-bond acceptors (Lipinski definition) is 5. The monoisotopic (exact) mass is 672 g/mol. The van der Waals surface area contributed by atoms with Crippen LogP contribution in [0.1, 0.15) is 47.9 Å². The van der Waals surface area contributed by atoms with Crippen LogP contribution in [0.25, 0.3) is 44.4 Å². The standard InChI is InChI=1S/C44H44N6O/c1-29-18-19-45-40(26-29)49-38-15-6-5-14-36(38)37-17-16-35(28-39(37)49)51-34-13-11-12-33(27-34)50-44(48-22-9-10-23-48)42(43(46-50)47-20-7-8-21-47)41-31(3)24-30(2)25-32(41)4/h5-6,11-19,24-28H,7-10,20-23H2,1-4H3. The summed E-state index contributed by atoms with van der Waals surface area (Å²) < 4.78 is 11.1. The maximum Gasteiger partial charge on any atom is 0.161 e. The Balaban J connectivity index is 1.17. The van der Waals surface area contributed by atoms with Gasteiger partial charge in [0.25, 0.3) is 0 Å². The summed E-state index contributed by atoms with van der Waals surface area (Å²) in [5.74, 6) is 4.74. The van der Waals surface area contributed by atoms with Crippen LogP contribution in [0.15, 0.2) is 97.2 Å². The van der Waals surface area contributed by atoms with E-state index < -0.39 is 0 Å². The molecule has 0 saturated carbocycles. The molecule has 256 valence electrons. The topological polar surface area (TPSA) is 51.4 Å². The van der Waals surface area contributed by atoms with Crippen LogP contribution in [0.3, 0.4) is 0 Å². The van der Waals surface area contributed by atoms with Gasteiger partial charge in [0.2, 0.25) is 0 Å². The lowest BCUT2D eigenvalue weighted by Gasteiger charge is -2.24. The van der Waals surface area contributed by atoms with Crippen molar-refractivity contribution in [2.75, 3.05) is 36.0 Å². The van der Waals surface area contributed by atoms with E-state index >= 15 is 0 Å². The van der Waals surface area contributed by atoms with E-state index in [4.69, 9.17) is 14.8 Å². The molecule has 0 atom stereocenters. The van der Waals surface area contributed by atoms with E-state index in [0.29, 0.717) is 0 Å². The zero-order valence-electron chi connectivity index (χ0n) is 30.0. The van der Waals surface area contributed by atoms with Gasteiger partial charge in [0.05, 0.1) is 22.3 Å². The SMILES string of the molecule is Cc1ccnc(-n2c3ccccc3c3ccc(Oc4cccc(-n5nc(N6CCCC6)c(-c6c(C)cc(C)cc6C)c5N5CCCC5)c4)cc32)c1. The minimum Gasteiger partial charge on any atom is -0.457 e. The molecule has 0 spiro atoms. The number of fused-ring (bicyclic) bond motifs is 3. The lowest BCUT2D eigenvalue weighted by molar-refractivity contribution is 0.483. The number of hydrogen-bond donors (Lipinski definition) is 0. The minimum absolute atomic E-state index is 0.776. The first-order valence-corrected chi connectivity index (χ1v) is 18.4. The molecule has 0 N–H and O–H groups in total. The summed E-state index contributed by atoms with van der Waals surface area (Å²) in [5.41, 5.74) is 10.9. The van der Waals surface area contributed by atoms with Gasteiger partial charge in [-0.3, -0.25) is 4.57 Å². The molecule has 5 heterocycles. The number of para-hydroxylation sites is 1. The van der Waals surface area contributed by atoms with Crippen LogP contribution in [0.4, 0.5) is 11.6 Å². The maximum atomic E-state index is 6.70. The summed E-state index contributed by atoms with van der Waals surface area (Å²) >= 11 is 0. The second-order valence-electron chi connectivity index (χ2n) is 14.4. The number of aromatic nitrogens is 4. The highest BCUT2D eigenvalue weighted by Crippen LogP contribution is 2.46. The van der Waals surface area contributed by atoms with Crippen LogP contribution in [0, 0.1) is 27.7 Å². The first kappa shape index (κ1) is 31.4. The van der Waals surface area contributed by atoms with E-state index in [9.17, 15) is 0 Å². The van der Waals surface area contributed by atoms with Gasteiger partial charge in [-0.25, -0.2) is 9.67 Å². The Kier molecular flexibility index (Phi) is 7.79. The molecular weight excluding hydrogens is 629 g/mol. The van der Waals surface area contributed by atoms with E-state index in [0.717, 1.165) is 66.0 Å². The summed E-state index contributed by atoms with van der Waals surface area (Å²) in [6.45, 7) is 12.9. The highest BCUT2D eigenvalue weighted by atomic mass is 16.5. The molecule has 7 aromatic rings. The summed E-state index contributed by atoms with van der Waals surface area (Å²) in [4.78, 5) is 9.82. The van der Waals surface area contributed by atoms with Crippen molar-refractivity contribution in [1.82, 2.24) is 19.3 Å². The van der Waals surface area contributed by atoms with Crippen molar-refractivity contribution in [1.29, 1.82) is 0 Å². The molecule has 0 amide bonds. The van der Waals surface area contributed by atoms with Crippen molar-refractivity contribution < 1.29 is 4.74 Å². The van der Waals surface area contributed by atoms with Gasteiger partial charge >= 0.3 is 0 Å². The lowest BCUT2D eigenvalue weighted by Crippen LogP contribution is -2.22. The maximum absolute atomic E-state index is 6.70. The van der Waals surface area contributed by atoms with Crippen LogP contribution in [0.2, 0.25) is 0 Å². The first-order valence-electron chi connectivity index (χ1n) is 18.4. The number of benzene rings is 4. The Bertz CT molecular complexity index is 2400. The zero-order chi connectivity index (χ0) is 34.6. The van der Waals surface area contributed by atoms with Gasteiger partial charge in [-0.1, -0.05) is 42.0 Å². The second kappa shape index (κ2) is 12.6. The van der Waals surface area contributed by atoms with Crippen molar-refractivity contribution in [2.45, 2.75) is 53.4 Å². The molecular formula is C44H44N6O. The molecule has 0 bridgehead atoms. The van der Waals surface area contributed by atoms with E-state index in [-0.39, 0.29) is 0 Å². The van der Waals surface area contributed by atoms with Gasteiger partial charge in [0.1, 0.15) is 23.1 Å². The van der Waals surface area contributed by atoms with Gasteiger partial charge < -0.3 is 14.5 Å². The number of rotatable bonds is 7. The summed E-state index contributed by atoms with van der Waals surface area (Å²) in [6, 6.07) is 32.2. The van der Waals surface area contributed by atoms with Crippen LogP contribution in [-0.4, -0.2) is 45.5 Å². The van der Waals surface area contributed by atoms with Gasteiger partial charge in [-0.15, -0.1) is 5.10 Å². The van der Waals surface area contributed by atoms with Crippen molar-refractivity contribution in [2.24, 2.45) is 0 Å². The summed E-state index contributed by atoms with van der Waals surface area (Å²) in [7, 11) is 0. The normalized spacial score (nSPS) is 14.7. The molecule has 2 fully saturated rings. The molecule has 7 heteroatoms.